The molecule has 2 N–H and O–H groups in total. The molecule has 2 heterocycles. The molecule has 29 heavy (non-hydrogen) atoms. The number of morpholine rings is 1. The zero-order valence-electron chi connectivity index (χ0n) is 17.3. The summed E-state index contributed by atoms with van der Waals surface area (Å²) >= 11 is 0. The summed E-state index contributed by atoms with van der Waals surface area (Å²) in [4.78, 5) is 6.99. The molecule has 154 valence electrons. The fourth-order valence-electron chi connectivity index (χ4n) is 4.05. The number of rotatable bonds is 6. The van der Waals surface area contributed by atoms with E-state index in [-0.39, 0.29) is 6.10 Å². The molecule has 0 amide bonds. The summed E-state index contributed by atoms with van der Waals surface area (Å²) in [5.41, 5.74) is 6.02. The van der Waals surface area contributed by atoms with Crippen LogP contribution < -0.4 is 15.5 Å². The molecule has 1 unspecified atom stereocenters. The van der Waals surface area contributed by atoms with E-state index < -0.39 is 0 Å². The number of methoxy groups -OCH3 is 1. The van der Waals surface area contributed by atoms with E-state index in [1.54, 1.807) is 7.11 Å². The average Bonchev–Trinajstić information content (AvgIpc) is 2.80. The third-order valence-corrected chi connectivity index (χ3v) is 5.78. The van der Waals surface area contributed by atoms with Crippen molar-refractivity contribution in [3.63, 3.8) is 0 Å². The van der Waals surface area contributed by atoms with E-state index in [0.29, 0.717) is 0 Å². The highest BCUT2D eigenvalue weighted by atomic mass is 16.5. The molecule has 4 rings (SSSR count). The maximum absolute atomic E-state index is 5.59. The third-order valence-electron chi connectivity index (χ3n) is 5.78. The van der Waals surface area contributed by atoms with Crippen LogP contribution in [-0.4, -0.2) is 51.5 Å². The molecule has 6 heteroatoms. The summed E-state index contributed by atoms with van der Waals surface area (Å²) in [7, 11) is 3.79. The number of nitrogens with one attached hydrogen (secondary N) is 2. The number of allylic oxidation sites excluding steroid dienone is 1. The molecule has 1 atom stereocenters. The van der Waals surface area contributed by atoms with Crippen LogP contribution in [0.15, 0.2) is 48.3 Å². The first-order chi connectivity index (χ1) is 14.3. The van der Waals surface area contributed by atoms with Crippen molar-refractivity contribution in [1.82, 2.24) is 10.3 Å². The average molecular weight is 395 g/mol. The number of pyridine rings is 1. The van der Waals surface area contributed by atoms with Gasteiger partial charge < -0.3 is 25.0 Å². The van der Waals surface area contributed by atoms with Gasteiger partial charge >= 0.3 is 0 Å². The quantitative estimate of drug-likeness (QED) is 0.777. The second-order valence-electron chi connectivity index (χ2n) is 7.51. The Labute approximate surface area is 172 Å². The van der Waals surface area contributed by atoms with Gasteiger partial charge in [0.25, 0.3) is 0 Å². The predicted molar refractivity (Wildman–Crippen MR) is 118 cm³/mol. The lowest BCUT2D eigenvalue weighted by atomic mass is 9.89. The Morgan fingerprint density at radius 1 is 1.10 bits per heavy atom. The van der Waals surface area contributed by atoms with Crippen molar-refractivity contribution in [1.29, 1.82) is 0 Å². The van der Waals surface area contributed by atoms with E-state index in [1.165, 1.54) is 17.0 Å². The van der Waals surface area contributed by atoms with Gasteiger partial charge in [0, 0.05) is 56.9 Å². The Morgan fingerprint density at radius 3 is 2.55 bits per heavy atom. The minimum Gasteiger partial charge on any atom is -0.391 e. The van der Waals surface area contributed by atoms with E-state index in [0.717, 1.165) is 62.6 Å². The fraction of sp³-hybridized carbons (Fsp3) is 0.435. The number of ether oxygens (including phenoxy) is 2. The molecule has 1 aliphatic carbocycles. The molecular weight excluding hydrogens is 364 g/mol. The molecule has 6 nitrogen and oxygen atoms in total. The Kier molecular flexibility index (Phi) is 6.32. The molecule has 1 saturated heterocycles. The summed E-state index contributed by atoms with van der Waals surface area (Å²) < 4.78 is 11.0. The first-order valence-corrected chi connectivity index (χ1v) is 10.4. The summed E-state index contributed by atoms with van der Waals surface area (Å²) in [6, 6.07) is 12.7. The van der Waals surface area contributed by atoms with Crippen LogP contribution in [0.3, 0.4) is 0 Å². The molecule has 1 fully saturated rings. The smallest absolute Gasteiger partial charge is 0.130 e. The molecule has 2 aromatic rings. The Morgan fingerprint density at radius 2 is 1.90 bits per heavy atom. The van der Waals surface area contributed by atoms with Crippen LogP contribution in [0.5, 0.6) is 0 Å². The molecule has 0 radical (unpaired) electrons. The highest BCUT2D eigenvalue weighted by molar-refractivity contribution is 5.70. The second kappa shape index (κ2) is 9.29. The first kappa shape index (κ1) is 19.7. The van der Waals surface area contributed by atoms with E-state index in [4.69, 9.17) is 9.47 Å². The van der Waals surface area contributed by atoms with Crippen LogP contribution in [0, 0.1) is 0 Å². The number of nitrogens with zero attached hydrogens (tertiary/aromatic N) is 2. The molecule has 1 aliphatic heterocycles. The van der Waals surface area contributed by atoms with E-state index in [1.807, 2.05) is 19.3 Å². The van der Waals surface area contributed by atoms with Crippen molar-refractivity contribution in [2.24, 2.45) is 0 Å². The highest BCUT2D eigenvalue weighted by Crippen LogP contribution is 2.32. The summed E-state index contributed by atoms with van der Waals surface area (Å²) in [6.45, 7) is 3.49. The van der Waals surface area contributed by atoms with Crippen molar-refractivity contribution < 1.29 is 9.47 Å². The van der Waals surface area contributed by atoms with Gasteiger partial charge in [-0.25, -0.2) is 4.98 Å². The minimum atomic E-state index is 0.282. The summed E-state index contributed by atoms with van der Waals surface area (Å²) in [5.74, 6) is 0.846. The van der Waals surface area contributed by atoms with Crippen molar-refractivity contribution in [3.05, 3.63) is 53.9 Å². The van der Waals surface area contributed by atoms with Gasteiger partial charge in [-0.1, -0.05) is 0 Å². The summed E-state index contributed by atoms with van der Waals surface area (Å²) in [5, 5.41) is 6.75. The summed E-state index contributed by atoms with van der Waals surface area (Å²) in [6.07, 6.45) is 5.23. The number of hydrogen-bond acceptors (Lipinski definition) is 6. The normalized spacial score (nSPS) is 19.9. The van der Waals surface area contributed by atoms with Crippen molar-refractivity contribution >= 4 is 22.8 Å². The first-order valence-electron chi connectivity index (χ1n) is 10.4. The number of aromatic nitrogens is 1. The predicted octanol–water partition coefficient (Wildman–Crippen LogP) is 3.79. The van der Waals surface area contributed by atoms with Gasteiger partial charge in [-0.2, -0.15) is 0 Å². The Balaban J connectivity index is 1.43. The van der Waals surface area contributed by atoms with Gasteiger partial charge in [-0.15, -0.1) is 0 Å². The van der Waals surface area contributed by atoms with Crippen molar-refractivity contribution in [2.75, 3.05) is 50.7 Å². The second-order valence-corrected chi connectivity index (χ2v) is 7.51. The molecule has 1 aromatic carbocycles. The molecule has 2 aliphatic rings. The van der Waals surface area contributed by atoms with Crippen LogP contribution in [-0.2, 0) is 9.47 Å². The lowest BCUT2D eigenvalue weighted by molar-refractivity contribution is 0.0959. The van der Waals surface area contributed by atoms with E-state index in [9.17, 15) is 0 Å². The van der Waals surface area contributed by atoms with Crippen LogP contribution in [0.25, 0.3) is 5.57 Å². The maximum Gasteiger partial charge on any atom is 0.130 e. The number of anilines is 3. The molecule has 0 bridgehead atoms. The van der Waals surface area contributed by atoms with Crippen molar-refractivity contribution in [2.45, 2.75) is 25.4 Å². The number of benzene rings is 1. The Bertz CT molecular complexity index is 827. The SMILES string of the molecule is CNC1=C(c2ccc(Nc3ccc(N4CCOCC4)cc3)nc2)CC(OC)CC1. The van der Waals surface area contributed by atoms with Crippen LogP contribution in [0.4, 0.5) is 17.2 Å². The van der Waals surface area contributed by atoms with Gasteiger partial charge in [0.1, 0.15) is 5.82 Å². The van der Waals surface area contributed by atoms with Gasteiger partial charge in [0.05, 0.1) is 19.3 Å². The van der Waals surface area contributed by atoms with E-state index in [2.05, 4.69) is 50.8 Å². The van der Waals surface area contributed by atoms with Crippen LogP contribution >= 0.6 is 0 Å². The van der Waals surface area contributed by atoms with Gasteiger partial charge in [0.2, 0.25) is 0 Å². The zero-order chi connectivity index (χ0) is 20.1. The molecular formula is C23H30N4O2. The molecule has 0 spiro atoms. The standard InChI is InChI=1S/C23H30N4O2/c1-24-22-9-8-20(28-2)15-21(22)17-3-10-23(25-16-17)26-18-4-6-19(7-5-18)27-11-13-29-14-12-27/h3-7,10,16,20,24H,8-9,11-15H2,1-2H3,(H,25,26). The third kappa shape index (κ3) is 4.71. The van der Waals surface area contributed by atoms with Crippen LogP contribution in [0.1, 0.15) is 24.8 Å². The van der Waals surface area contributed by atoms with E-state index >= 15 is 0 Å². The fourth-order valence-corrected chi connectivity index (χ4v) is 4.05. The highest BCUT2D eigenvalue weighted by Gasteiger charge is 2.21. The molecule has 0 saturated carbocycles. The largest absolute Gasteiger partial charge is 0.391 e. The van der Waals surface area contributed by atoms with Crippen molar-refractivity contribution in [3.8, 4) is 0 Å². The van der Waals surface area contributed by atoms with Gasteiger partial charge in [-0.3, -0.25) is 0 Å². The maximum atomic E-state index is 5.59. The van der Waals surface area contributed by atoms with Crippen LogP contribution in [0.2, 0.25) is 0 Å². The lowest BCUT2D eigenvalue weighted by Crippen LogP contribution is -2.36. The van der Waals surface area contributed by atoms with Gasteiger partial charge in [0.15, 0.2) is 0 Å². The van der Waals surface area contributed by atoms with Gasteiger partial charge in [-0.05, 0) is 60.4 Å². The monoisotopic (exact) mass is 394 g/mol. The topological polar surface area (TPSA) is 58.7 Å². The molecule has 1 aromatic heterocycles. The zero-order valence-corrected chi connectivity index (χ0v) is 17.3. The number of hydrogen-bond donors (Lipinski definition) is 2. The Hall–Kier alpha value is -2.57. The minimum absolute atomic E-state index is 0.282. The lowest BCUT2D eigenvalue weighted by Gasteiger charge is -2.28.